The van der Waals surface area contributed by atoms with E-state index in [2.05, 4.69) is 18.7 Å². The van der Waals surface area contributed by atoms with E-state index >= 15 is 0 Å². The highest BCUT2D eigenvalue weighted by Gasteiger charge is 2.25. The van der Waals surface area contributed by atoms with Gasteiger partial charge in [0.25, 0.3) is 0 Å². The summed E-state index contributed by atoms with van der Waals surface area (Å²) in [6, 6.07) is 0. The number of hydrogen-bond donors (Lipinski definition) is 1. The molecular weight excluding hydrogens is 224 g/mol. The smallest absolute Gasteiger partial charge is 0.225 e. The van der Waals surface area contributed by atoms with E-state index in [1.54, 1.807) is 0 Å². The first-order valence-corrected chi connectivity index (χ1v) is 7.64. The van der Waals surface area contributed by atoms with E-state index < -0.39 is 0 Å². The second-order valence-electron chi connectivity index (χ2n) is 6.01. The van der Waals surface area contributed by atoms with Crippen LogP contribution in [0.15, 0.2) is 0 Å². The number of nitrogens with zero attached hydrogens (tertiary/aromatic N) is 1. The Kier molecular flexibility index (Phi) is 7.33. The molecule has 1 aliphatic carbocycles. The first kappa shape index (κ1) is 15.5. The van der Waals surface area contributed by atoms with Crippen LogP contribution in [0.3, 0.4) is 0 Å². The summed E-state index contributed by atoms with van der Waals surface area (Å²) in [5.74, 6) is 1.21. The lowest BCUT2D eigenvalue weighted by atomic mass is 9.98. The van der Waals surface area contributed by atoms with Crippen LogP contribution in [-0.4, -0.2) is 30.4 Å². The minimum atomic E-state index is 0.282. The molecule has 1 saturated carbocycles. The van der Waals surface area contributed by atoms with Gasteiger partial charge in [-0.25, -0.2) is 0 Å². The maximum Gasteiger partial charge on any atom is 0.225 e. The molecule has 1 aliphatic rings. The fourth-order valence-corrected chi connectivity index (χ4v) is 2.80. The second-order valence-corrected chi connectivity index (χ2v) is 6.01. The van der Waals surface area contributed by atoms with Gasteiger partial charge in [-0.05, 0) is 31.7 Å². The van der Waals surface area contributed by atoms with Crippen LogP contribution in [0, 0.1) is 11.8 Å². The molecule has 1 rings (SSSR count). The average Bonchev–Trinajstić information content (AvgIpc) is 2.61. The van der Waals surface area contributed by atoms with Crippen molar-refractivity contribution in [3.05, 3.63) is 0 Å². The molecule has 18 heavy (non-hydrogen) atoms. The van der Waals surface area contributed by atoms with Crippen molar-refractivity contribution in [2.24, 2.45) is 17.6 Å². The summed E-state index contributed by atoms with van der Waals surface area (Å²) in [7, 11) is 0. The number of amides is 1. The molecule has 1 fully saturated rings. The Balaban J connectivity index is 2.54. The zero-order chi connectivity index (χ0) is 13.4. The van der Waals surface area contributed by atoms with Gasteiger partial charge in [0.2, 0.25) is 5.91 Å². The molecule has 2 N–H and O–H groups in total. The van der Waals surface area contributed by atoms with Gasteiger partial charge in [0.05, 0.1) is 0 Å². The molecule has 0 atom stereocenters. The number of rotatable bonds is 6. The molecule has 1 amide bonds. The predicted octanol–water partition coefficient (Wildman–Crippen LogP) is 2.79. The van der Waals surface area contributed by atoms with Crippen molar-refractivity contribution in [2.75, 3.05) is 19.6 Å². The fraction of sp³-hybridized carbons (Fsp3) is 0.933. The van der Waals surface area contributed by atoms with Gasteiger partial charge in [-0.2, -0.15) is 0 Å². The molecule has 0 unspecified atom stereocenters. The molecule has 0 heterocycles. The minimum Gasteiger partial charge on any atom is -0.342 e. The average molecular weight is 254 g/mol. The highest BCUT2D eigenvalue weighted by molar-refractivity contribution is 5.78. The molecule has 0 spiro atoms. The van der Waals surface area contributed by atoms with Gasteiger partial charge < -0.3 is 10.6 Å². The summed E-state index contributed by atoms with van der Waals surface area (Å²) in [5, 5.41) is 0. The zero-order valence-electron chi connectivity index (χ0n) is 12.2. The van der Waals surface area contributed by atoms with Crippen LogP contribution in [0.5, 0.6) is 0 Å². The van der Waals surface area contributed by atoms with E-state index in [-0.39, 0.29) is 5.92 Å². The monoisotopic (exact) mass is 254 g/mol. The highest BCUT2D eigenvalue weighted by atomic mass is 16.2. The lowest BCUT2D eigenvalue weighted by Crippen LogP contribution is -2.39. The largest absolute Gasteiger partial charge is 0.342 e. The molecular formula is C15H30N2O. The molecule has 0 radical (unpaired) electrons. The lowest BCUT2D eigenvalue weighted by molar-refractivity contribution is -0.136. The summed E-state index contributed by atoms with van der Waals surface area (Å²) in [5.41, 5.74) is 5.57. The van der Waals surface area contributed by atoms with Gasteiger partial charge >= 0.3 is 0 Å². The molecule has 0 aliphatic heterocycles. The zero-order valence-corrected chi connectivity index (χ0v) is 12.2. The molecule has 0 aromatic heterocycles. The minimum absolute atomic E-state index is 0.282. The van der Waals surface area contributed by atoms with Gasteiger partial charge in [-0.3, -0.25) is 4.79 Å². The van der Waals surface area contributed by atoms with E-state index in [4.69, 9.17) is 5.73 Å². The van der Waals surface area contributed by atoms with Crippen LogP contribution in [0.25, 0.3) is 0 Å². The first-order valence-electron chi connectivity index (χ1n) is 7.64. The van der Waals surface area contributed by atoms with E-state index in [9.17, 15) is 4.79 Å². The molecule has 0 aromatic rings. The third-order valence-corrected chi connectivity index (χ3v) is 3.73. The number of carbonyl (C=O) groups is 1. The van der Waals surface area contributed by atoms with Crippen molar-refractivity contribution in [2.45, 2.75) is 58.8 Å². The first-order chi connectivity index (χ1) is 8.65. The Hall–Kier alpha value is -0.570. The van der Waals surface area contributed by atoms with Crippen molar-refractivity contribution >= 4 is 5.91 Å². The molecule has 0 saturated heterocycles. The highest BCUT2D eigenvalue weighted by Crippen LogP contribution is 2.25. The van der Waals surface area contributed by atoms with E-state index in [1.807, 2.05) is 0 Å². The normalized spacial score (nSPS) is 17.8. The second kappa shape index (κ2) is 8.52. The Bertz CT molecular complexity index is 233. The summed E-state index contributed by atoms with van der Waals surface area (Å²) in [4.78, 5) is 14.6. The maximum absolute atomic E-state index is 12.6. The van der Waals surface area contributed by atoms with E-state index in [1.165, 1.54) is 25.7 Å². The fourth-order valence-electron chi connectivity index (χ4n) is 2.80. The van der Waals surface area contributed by atoms with Crippen LogP contribution < -0.4 is 5.73 Å². The van der Waals surface area contributed by atoms with Crippen LogP contribution in [-0.2, 0) is 4.79 Å². The van der Waals surface area contributed by atoms with Crippen molar-refractivity contribution in [3.63, 3.8) is 0 Å². The Morgan fingerprint density at radius 1 is 1.22 bits per heavy atom. The van der Waals surface area contributed by atoms with E-state index in [0.29, 0.717) is 18.4 Å². The van der Waals surface area contributed by atoms with Crippen LogP contribution in [0.1, 0.15) is 58.8 Å². The van der Waals surface area contributed by atoms with Gasteiger partial charge in [-0.15, -0.1) is 0 Å². The maximum atomic E-state index is 12.6. The lowest BCUT2D eigenvalue weighted by Gasteiger charge is -2.28. The molecule has 0 bridgehead atoms. The number of hydrogen-bond acceptors (Lipinski definition) is 2. The van der Waals surface area contributed by atoms with Crippen molar-refractivity contribution in [1.82, 2.24) is 4.90 Å². The van der Waals surface area contributed by atoms with Crippen molar-refractivity contribution < 1.29 is 4.79 Å². The molecule has 0 aromatic carbocycles. The van der Waals surface area contributed by atoms with Crippen LogP contribution >= 0.6 is 0 Å². The number of nitrogens with two attached hydrogens (primary N) is 1. The Labute approximate surface area is 112 Å². The standard InChI is InChI=1S/C15H30N2O/c1-13(2)12-17(11-7-10-16)15(18)14-8-5-3-4-6-9-14/h13-14H,3-12,16H2,1-2H3. The third-order valence-electron chi connectivity index (χ3n) is 3.73. The summed E-state index contributed by atoms with van der Waals surface area (Å²) < 4.78 is 0. The van der Waals surface area contributed by atoms with Gasteiger partial charge in [0.15, 0.2) is 0 Å². The summed E-state index contributed by atoms with van der Waals surface area (Å²) in [6.45, 7) is 6.75. The van der Waals surface area contributed by atoms with E-state index in [0.717, 1.165) is 32.4 Å². The Morgan fingerprint density at radius 2 is 1.83 bits per heavy atom. The third kappa shape index (κ3) is 5.38. The van der Waals surface area contributed by atoms with Crippen LogP contribution in [0.4, 0.5) is 0 Å². The van der Waals surface area contributed by atoms with Crippen LogP contribution in [0.2, 0.25) is 0 Å². The topological polar surface area (TPSA) is 46.3 Å². The summed E-state index contributed by atoms with van der Waals surface area (Å²) in [6.07, 6.45) is 8.16. The van der Waals surface area contributed by atoms with Crippen molar-refractivity contribution in [1.29, 1.82) is 0 Å². The van der Waals surface area contributed by atoms with Gasteiger partial charge in [0.1, 0.15) is 0 Å². The Morgan fingerprint density at radius 3 is 2.33 bits per heavy atom. The summed E-state index contributed by atoms with van der Waals surface area (Å²) >= 11 is 0. The van der Waals surface area contributed by atoms with Gasteiger partial charge in [-0.1, -0.05) is 39.5 Å². The molecule has 3 heteroatoms. The predicted molar refractivity (Wildman–Crippen MR) is 76.3 cm³/mol. The number of carbonyl (C=O) groups excluding carboxylic acids is 1. The molecule has 3 nitrogen and oxygen atoms in total. The quantitative estimate of drug-likeness (QED) is 0.741. The van der Waals surface area contributed by atoms with Crippen molar-refractivity contribution in [3.8, 4) is 0 Å². The SMILES string of the molecule is CC(C)CN(CCCN)C(=O)C1CCCCCC1. The van der Waals surface area contributed by atoms with Gasteiger partial charge in [0, 0.05) is 19.0 Å². The molecule has 106 valence electrons.